The second-order valence-electron chi connectivity index (χ2n) is 6.85. The number of ketones is 1. The molecule has 10 heteroatoms. The normalized spacial score (nSPS) is 16.9. The van der Waals surface area contributed by atoms with Crippen LogP contribution in [0.15, 0.2) is 30.3 Å². The van der Waals surface area contributed by atoms with E-state index < -0.39 is 35.9 Å². The minimum Gasteiger partial charge on any atom is -0.508 e. The second-order valence-corrected chi connectivity index (χ2v) is 6.85. The van der Waals surface area contributed by atoms with Gasteiger partial charge in [0, 0.05) is 38.5 Å². The zero-order valence-corrected chi connectivity index (χ0v) is 17.7. The SMILES string of the molecule is COc1cc(O)cc2c1C(=O)C(OC(C)=O)C(c1ccc(OC(C)=O)c(OC(C)=O)c1)O2. The van der Waals surface area contributed by atoms with E-state index in [4.69, 9.17) is 23.7 Å². The van der Waals surface area contributed by atoms with Gasteiger partial charge >= 0.3 is 17.9 Å². The van der Waals surface area contributed by atoms with Crippen LogP contribution in [0, 0.1) is 0 Å². The molecule has 2 unspecified atom stereocenters. The average Bonchev–Trinajstić information content (AvgIpc) is 2.69. The maximum absolute atomic E-state index is 13.2. The summed E-state index contributed by atoms with van der Waals surface area (Å²) >= 11 is 0. The van der Waals surface area contributed by atoms with Gasteiger partial charge in [0.1, 0.15) is 22.8 Å². The van der Waals surface area contributed by atoms with Gasteiger partial charge in [0.2, 0.25) is 11.9 Å². The van der Waals surface area contributed by atoms with Crippen molar-refractivity contribution in [2.45, 2.75) is 33.0 Å². The third-order valence-corrected chi connectivity index (χ3v) is 4.40. The lowest BCUT2D eigenvalue weighted by Gasteiger charge is -2.33. The molecule has 0 radical (unpaired) electrons. The molecule has 2 aromatic carbocycles. The summed E-state index contributed by atoms with van der Waals surface area (Å²) in [5.41, 5.74) is 0.286. The third-order valence-electron chi connectivity index (χ3n) is 4.40. The molecule has 32 heavy (non-hydrogen) atoms. The molecular weight excluding hydrogens is 424 g/mol. The molecule has 2 aromatic rings. The van der Waals surface area contributed by atoms with Crippen LogP contribution >= 0.6 is 0 Å². The maximum atomic E-state index is 13.2. The lowest BCUT2D eigenvalue weighted by molar-refractivity contribution is -0.149. The molecule has 0 fully saturated rings. The van der Waals surface area contributed by atoms with Crippen molar-refractivity contribution in [1.29, 1.82) is 0 Å². The molecular formula is C22H20O10. The number of phenolic OH excluding ortho intramolecular Hbond substituents is 1. The van der Waals surface area contributed by atoms with Crippen LogP contribution in [0.1, 0.15) is 42.8 Å². The van der Waals surface area contributed by atoms with E-state index in [0.717, 1.165) is 13.8 Å². The van der Waals surface area contributed by atoms with Gasteiger partial charge in [-0.2, -0.15) is 0 Å². The predicted molar refractivity (Wildman–Crippen MR) is 107 cm³/mol. The Balaban J connectivity index is 2.13. The summed E-state index contributed by atoms with van der Waals surface area (Å²) in [5.74, 6) is -2.91. The number of hydrogen-bond acceptors (Lipinski definition) is 10. The molecule has 1 N–H and O–H groups in total. The van der Waals surface area contributed by atoms with Gasteiger partial charge in [-0.15, -0.1) is 0 Å². The quantitative estimate of drug-likeness (QED) is 0.541. The number of ether oxygens (including phenoxy) is 5. The van der Waals surface area contributed by atoms with E-state index in [1.807, 2.05) is 0 Å². The molecule has 1 aliphatic rings. The van der Waals surface area contributed by atoms with Gasteiger partial charge in [-0.25, -0.2) is 0 Å². The number of Topliss-reactive ketones (excluding diaryl/α,β-unsaturated/α-hetero) is 1. The molecule has 1 aliphatic heterocycles. The van der Waals surface area contributed by atoms with E-state index in [9.17, 15) is 24.3 Å². The van der Waals surface area contributed by atoms with Gasteiger partial charge < -0.3 is 28.8 Å². The monoisotopic (exact) mass is 444 g/mol. The summed E-state index contributed by atoms with van der Waals surface area (Å²) in [4.78, 5) is 47.8. The number of carbonyl (C=O) groups excluding carboxylic acids is 4. The molecule has 0 amide bonds. The Kier molecular flexibility index (Phi) is 6.33. The number of esters is 3. The van der Waals surface area contributed by atoms with Crippen molar-refractivity contribution in [3.05, 3.63) is 41.5 Å². The molecule has 0 saturated heterocycles. The molecule has 3 rings (SSSR count). The van der Waals surface area contributed by atoms with E-state index in [2.05, 4.69) is 0 Å². The highest BCUT2D eigenvalue weighted by molar-refractivity contribution is 6.06. The molecule has 0 spiro atoms. The Morgan fingerprint density at radius 2 is 1.56 bits per heavy atom. The van der Waals surface area contributed by atoms with Crippen LogP contribution in [0.2, 0.25) is 0 Å². The third kappa shape index (κ3) is 4.64. The predicted octanol–water partition coefficient (Wildman–Crippen LogP) is 2.50. The molecule has 2 atom stereocenters. The fourth-order valence-electron chi connectivity index (χ4n) is 3.26. The van der Waals surface area contributed by atoms with E-state index >= 15 is 0 Å². The summed E-state index contributed by atoms with van der Waals surface area (Å²) in [6, 6.07) is 6.61. The van der Waals surface area contributed by atoms with Crippen LogP contribution in [0.5, 0.6) is 28.7 Å². The first kappa shape index (κ1) is 22.6. The zero-order valence-electron chi connectivity index (χ0n) is 17.7. The minimum absolute atomic E-state index is 0.00421. The zero-order chi connectivity index (χ0) is 23.6. The van der Waals surface area contributed by atoms with Crippen molar-refractivity contribution in [2.75, 3.05) is 7.11 Å². The van der Waals surface area contributed by atoms with E-state index in [1.54, 1.807) is 0 Å². The van der Waals surface area contributed by atoms with Crippen LogP contribution in [0.3, 0.4) is 0 Å². The van der Waals surface area contributed by atoms with Crippen molar-refractivity contribution in [3.8, 4) is 28.7 Å². The average molecular weight is 444 g/mol. The minimum atomic E-state index is -1.40. The molecule has 0 saturated carbocycles. The largest absolute Gasteiger partial charge is 0.508 e. The highest BCUT2D eigenvalue weighted by Crippen LogP contribution is 2.44. The first-order valence-electron chi connectivity index (χ1n) is 9.40. The van der Waals surface area contributed by atoms with E-state index in [1.165, 1.54) is 44.4 Å². The number of methoxy groups -OCH3 is 1. The smallest absolute Gasteiger partial charge is 0.308 e. The number of carbonyl (C=O) groups is 4. The summed E-state index contributed by atoms with van der Waals surface area (Å²) in [6.07, 6.45) is -2.56. The van der Waals surface area contributed by atoms with Gasteiger partial charge in [0.25, 0.3) is 0 Å². The molecule has 1 heterocycles. The van der Waals surface area contributed by atoms with Gasteiger partial charge in [0.05, 0.1) is 7.11 Å². The summed E-state index contributed by atoms with van der Waals surface area (Å²) in [6.45, 7) is 3.49. The highest BCUT2D eigenvalue weighted by Gasteiger charge is 2.43. The van der Waals surface area contributed by atoms with Crippen LogP contribution in [0.4, 0.5) is 0 Å². The maximum Gasteiger partial charge on any atom is 0.308 e. The molecule has 10 nitrogen and oxygen atoms in total. The molecule has 0 aliphatic carbocycles. The van der Waals surface area contributed by atoms with E-state index in [-0.39, 0.29) is 39.9 Å². The van der Waals surface area contributed by atoms with Crippen LogP contribution < -0.4 is 18.9 Å². The number of hydrogen-bond donors (Lipinski definition) is 1. The van der Waals surface area contributed by atoms with Crippen molar-refractivity contribution in [1.82, 2.24) is 0 Å². The first-order valence-corrected chi connectivity index (χ1v) is 9.40. The van der Waals surface area contributed by atoms with Gasteiger partial charge in [0.15, 0.2) is 17.6 Å². The molecule has 0 aromatic heterocycles. The van der Waals surface area contributed by atoms with Gasteiger partial charge in [-0.3, -0.25) is 19.2 Å². The lowest BCUT2D eigenvalue weighted by atomic mass is 9.92. The number of phenols is 1. The Morgan fingerprint density at radius 3 is 2.16 bits per heavy atom. The Bertz CT molecular complexity index is 1100. The first-order chi connectivity index (χ1) is 15.1. The molecule has 0 bridgehead atoms. The number of rotatable bonds is 5. The van der Waals surface area contributed by atoms with Crippen molar-refractivity contribution in [3.63, 3.8) is 0 Å². The standard InChI is InChI=1S/C22H20O10/c1-10(23)29-15-6-5-13(7-16(15)30-11(2)24)21-22(31-12(3)25)20(27)19-17(28-4)8-14(26)9-18(19)32-21/h5-9,21-22,26H,1-4H3. The summed E-state index contributed by atoms with van der Waals surface area (Å²) < 4.78 is 26.5. The Morgan fingerprint density at radius 1 is 0.906 bits per heavy atom. The lowest BCUT2D eigenvalue weighted by Crippen LogP contribution is -2.39. The van der Waals surface area contributed by atoms with Crippen LogP contribution in [-0.2, 0) is 19.1 Å². The summed E-state index contributed by atoms with van der Waals surface area (Å²) in [7, 11) is 1.31. The van der Waals surface area contributed by atoms with Crippen molar-refractivity contribution in [2.24, 2.45) is 0 Å². The highest BCUT2D eigenvalue weighted by atomic mass is 16.6. The van der Waals surface area contributed by atoms with Crippen LogP contribution in [-0.4, -0.2) is 42.0 Å². The van der Waals surface area contributed by atoms with Gasteiger partial charge in [-0.1, -0.05) is 6.07 Å². The Labute approximate surface area is 182 Å². The Hall–Kier alpha value is -4.08. The van der Waals surface area contributed by atoms with E-state index in [0.29, 0.717) is 0 Å². The number of fused-ring (bicyclic) bond motifs is 1. The summed E-state index contributed by atoms with van der Waals surface area (Å²) in [5, 5.41) is 9.96. The second kappa shape index (κ2) is 8.96. The molecule has 168 valence electrons. The van der Waals surface area contributed by atoms with Gasteiger partial charge in [-0.05, 0) is 12.1 Å². The topological polar surface area (TPSA) is 135 Å². The van der Waals surface area contributed by atoms with Crippen LogP contribution in [0.25, 0.3) is 0 Å². The number of aromatic hydroxyl groups is 1. The fourth-order valence-corrected chi connectivity index (χ4v) is 3.26. The van der Waals surface area contributed by atoms with Crippen molar-refractivity contribution < 1.29 is 48.0 Å². The number of benzene rings is 2. The van der Waals surface area contributed by atoms with Crippen molar-refractivity contribution >= 4 is 23.7 Å². The fraction of sp³-hybridized carbons (Fsp3) is 0.273.